The van der Waals surface area contributed by atoms with Crippen LogP contribution in [0.15, 0.2) is 18.3 Å². The number of rotatable bonds is 2. The number of carbonyl (C=O) groups is 1. The molecule has 78 valence electrons. The Morgan fingerprint density at radius 1 is 1.33 bits per heavy atom. The third-order valence-electron chi connectivity index (χ3n) is 2.15. The molecule has 0 bridgehead atoms. The standard InChI is InChI=1S/C10H7F2NO2/c11-7-2-6-5(1-10(14)15)4-13-9(6)3-8(7)12/h2-4,13H,1H2,(H,14,15). The Labute approximate surface area is 83.3 Å². The molecule has 3 nitrogen and oxygen atoms in total. The molecule has 1 aromatic carbocycles. The van der Waals surface area contributed by atoms with Crippen molar-refractivity contribution in [2.45, 2.75) is 6.42 Å². The van der Waals surface area contributed by atoms with Gasteiger partial charge in [0.2, 0.25) is 0 Å². The Morgan fingerprint density at radius 2 is 2.00 bits per heavy atom. The van der Waals surface area contributed by atoms with Gasteiger partial charge >= 0.3 is 5.97 Å². The first-order valence-electron chi connectivity index (χ1n) is 4.24. The van der Waals surface area contributed by atoms with E-state index < -0.39 is 17.6 Å². The van der Waals surface area contributed by atoms with Gasteiger partial charge in [0.15, 0.2) is 11.6 Å². The Hall–Kier alpha value is -1.91. The summed E-state index contributed by atoms with van der Waals surface area (Å²) in [6, 6.07) is 2.01. The van der Waals surface area contributed by atoms with Crippen LogP contribution in [0.3, 0.4) is 0 Å². The number of fused-ring (bicyclic) bond motifs is 1. The normalized spacial score (nSPS) is 10.8. The summed E-state index contributed by atoms with van der Waals surface area (Å²) in [4.78, 5) is 13.2. The highest BCUT2D eigenvalue weighted by Gasteiger charge is 2.11. The summed E-state index contributed by atoms with van der Waals surface area (Å²) >= 11 is 0. The zero-order valence-corrected chi connectivity index (χ0v) is 7.55. The van der Waals surface area contributed by atoms with Gasteiger partial charge in [-0.2, -0.15) is 0 Å². The number of hydrogen-bond donors (Lipinski definition) is 2. The smallest absolute Gasteiger partial charge is 0.307 e. The van der Waals surface area contributed by atoms with Gasteiger partial charge in [0, 0.05) is 23.2 Å². The summed E-state index contributed by atoms with van der Waals surface area (Å²) in [5.74, 6) is -2.94. The lowest BCUT2D eigenvalue weighted by Crippen LogP contribution is -1.99. The molecule has 0 atom stereocenters. The summed E-state index contributed by atoms with van der Waals surface area (Å²) in [5.41, 5.74) is 0.835. The van der Waals surface area contributed by atoms with Crippen LogP contribution in [-0.4, -0.2) is 16.1 Å². The zero-order chi connectivity index (χ0) is 11.0. The second-order valence-electron chi connectivity index (χ2n) is 3.20. The lowest BCUT2D eigenvalue weighted by atomic mass is 10.1. The summed E-state index contributed by atoms with van der Waals surface area (Å²) in [7, 11) is 0. The molecule has 0 unspecified atom stereocenters. The van der Waals surface area contributed by atoms with E-state index in [0.29, 0.717) is 16.5 Å². The van der Waals surface area contributed by atoms with Crippen molar-refractivity contribution in [2.75, 3.05) is 0 Å². The predicted octanol–water partition coefficient (Wildman–Crippen LogP) is 2.07. The highest BCUT2D eigenvalue weighted by molar-refractivity contribution is 5.87. The Kier molecular flexibility index (Phi) is 2.15. The molecule has 0 radical (unpaired) electrons. The SMILES string of the molecule is O=C(O)Cc1c[nH]c2cc(F)c(F)cc12. The van der Waals surface area contributed by atoms with Crippen molar-refractivity contribution in [3.63, 3.8) is 0 Å². The first kappa shape index (κ1) is 9.64. The molecule has 0 saturated heterocycles. The number of H-pyrrole nitrogens is 1. The van der Waals surface area contributed by atoms with Gasteiger partial charge in [0.05, 0.1) is 6.42 Å². The molecule has 0 saturated carbocycles. The second kappa shape index (κ2) is 3.34. The van der Waals surface area contributed by atoms with Gasteiger partial charge in [0.1, 0.15) is 0 Å². The quantitative estimate of drug-likeness (QED) is 0.798. The van der Waals surface area contributed by atoms with Crippen molar-refractivity contribution in [3.8, 4) is 0 Å². The van der Waals surface area contributed by atoms with E-state index in [1.165, 1.54) is 6.20 Å². The van der Waals surface area contributed by atoms with Gasteiger partial charge in [-0.15, -0.1) is 0 Å². The average molecular weight is 211 g/mol. The number of aliphatic carboxylic acids is 1. The van der Waals surface area contributed by atoms with E-state index in [0.717, 1.165) is 12.1 Å². The van der Waals surface area contributed by atoms with E-state index in [4.69, 9.17) is 5.11 Å². The molecule has 0 amide bonds. The monoisotopic (exact) mass is 211 g/mol. The number of hydrogen-bond acceptors (Lipinski definition) is 1. The minimum absolute atomic E-state index is 0.217. The van der Waals surface area contributed by atoms with Crippen molar-refractivity contribution in [1.29, 1.82) is 0 Å². The van der Waals surface area contributed by atoms with Crippen LogP contribution in [0.2, 0.25) is 0 Å². The minimum atomic E-state index is -1.01. The molecule has 0 aliphatic heterocycles. The number of aromatic amines is 1. The van der Waals surface area contributed by atoms with Gasteiger partial charge in [-0.3, -0.25) is 4.79 Å². The van der Waals surface area contributed by atoms with Gasteiger partial charge in [-0.25, -0.2) is 8.78 Å². The first-order chi connectivity index (χ1) is 7.08. The maximum atomic E-state index is 12.9. The lowest BCUT2D eigenvalue weighted by Gasteiger charge is -1.96. The highest BCUT2D eigenvalue weighted by Crippen LogP contribution is 2.21. The minimum Gasteiger partial charge on any atom is -0.481 e. The molecule has 0 spiro atoms. The van der Waals surface area contributed by atoms with Crippen LogP contribution >= 0.6 is 0 Å². The largest absolute Gasteiger partial charge is 0.481 e. The molecule has 0 aliphatic carbocycles. The maximum absolute atomic E-state index is 12.9. The number of nitrogens with one attached hydrogen (secondary N) is 1. The third kappa shape index (κ3) is 1.68. The molecular weight excluding hydrogens is 204 g/mol. The average Bonchev–Trinajstić information content (AvgIpc) is 2.49. The topological polar surface area (TPSA) is 53.1 Å². The fourth-order valence-electron chi connectivity index (χ4n) is 1.48. The Morgan fingerprint density at radius 3 is 2.67 bits per heavy atom. The fourth-order valence-corrected chi connectivity index (χ4v) is 1.48. The summed E-state index contributed by atoms with van der Waals surface area (Å²) < 4.78 is 25.7. The summed E-state index contributed by atoms with van der Waals surface area (Å²) in [5, 5.41) is 8.99. The van der Waals surface area contributed by atoms with E-state index in [1.54, 1.807) is 0 Å². The van der Waals surface area contributed by atoms with Gasteiger partial charge in [-0.05, 0) is 11.6 Å². The summed E-state index contributed by atoms with van der Waals surface area (Å²) in [6.45, 7) is 0. The highest BCUT2D eigenvalue weighted by atomic mass is 19.2. The van der Waals surface area contributed by atoms with Crippen molar-refractivity contribution in [1.82, 2.24) is 4.98 Å². The molecule has 5 heteroatoms. The Balaban J connectivity index is 2.59. The van der Waals surface area contributed by atoms with E-state index in [-0.39, 0.29) is 6.42 Å². The first-order valence-corrected chi connectivity index (χ1v) is 4.24. The predicted molar refractivity (Wildman–Crippen MR) is 49.6 cm³/mol. The molecule has 0 aliphatic rings. The molecule has 1 heterocycles. The fraction of sp³-hybridized carbons (Fsp3) is 0.100. The molecule has 2 N–H and O–H groups in total. The number of carboxylic acid groups (broad SMARTS) is 1. The van der Waals surface area contributed by atoms with Crippen molar-refractivity contribution in [2.24, 2.45) is 0 Å². The molecule has 1 aromatic heterocycles. The van der Waals surface area contributed by atoms with Crippen molar-refractivity contribution in [3.05, 3.63) is 35.5 Å². The zero-order valence-electron chi connectivity index (χ0n) is 7.55. The number of halogens is 2. The molecule has 2 rings (SSSR count). The van der Waals surface area contributed by atoms with Gasteiger partial charge in [0.25, 0.3) is 0 Å². The van der Waals surface area contributed by atoms with Crippen LogP contribution < -0.4 is 0 Å². The molecule has 2 aromatic rings. The molecule has 15 heavy (non-hydrogen) atoms. The van der Waals surface area contributed by atoms with Crippen LogP contribution in [0.1, 0.15) is 5.56 Å². The van der Waals surface area contributed by atoms with Crippen LogP contribution in [0.5, 0.6) is 0 Å². The van der Waals surface area contributed by atoms with E-state index in [1.807, 2.05) is 0 Å². The van der Waals surface area contributed by atoms with Crippen LogP contribution in [0.25, 0.3) is 10.9 Å². The van der Waals surface area contributed by atoms with Crippen molar-refractivity contribution >= 4 is 16.9 Å². The van der Waals surface area contributed by atoms with Crippen LogP contribution in [0, 0.1) is 11.6 Å². The second-order valence-corrected chi connectivity index (χ2v) is 3.20. The van der Waals surface area contributed by atoms with Crippen molar-refractivity contribution < 1.29 is 18.7 Å². The van der Waals surface area contributed by atoms with E-state index >= 15 is 0 Å². The van der Waals surface area contributed by atoms with Gasteiger partial charge in [-0.1, -0.05) is 0 Å². The number of carboxylic acids is 1. The lowest BCUT2D eigenvalue weighted by molar-refractivity contribution is -0.136. The number of benzene rings is 1. The summed E-state index contributed by atoms with van der Waals surface area (Å²) in [6.07, 6.45) is 1.22. The van der Waals surface area contributed by atoms with E-state index in [9.17, 15) is 13.6 Å². The molecule has 0 fully saturated rings. The van der Waals surface area contributed by atoms with Crippen LogP contribution in [0.4, 0.5) is 8.78 Å². The number of aromatic nitrogens is 1. The maximum Gasteiger partial charge on any atom is 0.307 e. The van der Waals surface area contributed by atoms with Crippen LogP contribution in [-0.2, 0) is 11.2 Å². The van der Waals surface area contributed by atoms with E-state index in [2.05, 4.69) is 4.98 Å². The Bertz CT molecular complexity index is 533. The third-order valence-corrected chi connectivity index (χ3v) is 2.15. The van der Waals surface area contributed by atoms with Gasteiger partial charge < -0.3 is 10.1 Å². The molecular formula is C10H7F2NO2.